The van der Waals surface area contributed by atoms with E-state index in [2.05, 4.69) is 37.0 Å². The van der Waals surface area contributed by atoms with E-state index in [0.717, 1.165) is 0 Å². The Bertz CT molecular complexity index is 363. The third kappa shape index (κ3) is 0.803. The molecule has 0 spiro atoms. The molecule has 1 radical (unpaired) electrons. The highest BCUT2D eigenvalue weighted by Crippen LogP contribution is 2.25. The van der Waals surface area contributed by atoms with Crippen molar-refractivity contribution in [3.8, 4) is 0 Å². The summed E-state index contributed by atoms with van der Waals surface area (Å²) in [7, 11) is 1.36. The summed E-state index contributed by atoms with van der Waals surface area (Å²) < 4.78 is 0. The van der Waals surface area contributed by atoms with Crippen LogP contribution in [-0.4, -0.2) is 0 Å². The van der Waals surface area contributed by atoms with Crippen molar-refractivity contribution in [1.29, 1.82) is 0 Å². The Morgan fingerprint density at radius 3 is 2.80 bits per heavy atom. The number of hydrogen-bond acceptors (Lipinski definition) is 0. The van der Waals surface area contributed by atoms with Gasteiger partial charge >= 0.3 is 0 Å². The third-order valence-corrected chi connectivity index (χ3v) is 2.78. The van der Waals surface area contributed by atoms with Crippen LogP contribution >= 0.6 is 8.58 Å². The van der Waals surface area contributed by atoms with Crippen LogP contribution in [0.3, 0.4) is 0 Å². The molecule has 0 saturated carbocycles. The first-order chi connectivity index (χ1) is 4.88. The van der Waals surface area contributed by atoms with Crippen LogP contribution in [0.5, 0.6) is 0 Å². The van der Waals surface area contributed by atoms with Crippen LogP contribution in [0, 0.1) is 0 Å². The molecule has 0 N–H and O–H groups in total. The van der Waals surface area contributed by atoms with Crippen LogP contribution in [0.2, 0.25) is 0 Å². The zero-order valence-electron chi connectivity index (χ0n) is 5.83. The lowest BCUT2D eigenvalue weighted by molar-refractivity contribution is 1.52. The van der Waals surface area contributed by atoms with Crippen molar-refractivity contribution < 1.29 is 0 Å². The first kappa shape index (κ1) is 6.12. The van der Waals surface area contributed by atoms with Gasteiger partial charge in [-0.3, -0.25) is 0 Å². The number of fused-ring (bicyclic) bond motifs is 1. The van der Waals surface area contributed by atoms with Crippen LogP contribution < -0.4 is 10.4 Å². The summed E-state index contributed by atoms with van der Waals surface area (Å²) in [6, 6.07) is 8.53. The van der Waals surface area contributed by atoms with Crippen molar-refractivity contribution >= 4 is 19.7 Å². The molecule has 0 atom stereocenters. The highest BCUT2D eigenvalue weighted by Gasteiger charge is 1.97. The predicted octanol–water partition coefficient (Wildman–Crippen LogP) is 1.51. The molecule has 1 aliphatic rings. The fourth-order valence-electron chi connectivity index (χ4n) is 1.17. The number of rotatable bonds is 0. The first-order valence-electron chi connectivity index (χ1n) is 3.35. The molecule has 0 bridgehead atoms. The summed E-state index contributed by atoms with van der Waals surface area (Å²) in [4.78, 5) is 0. The van der Waals surface area contributed by atoms with E-state index < -0.39 is 0 Å². The van der Waals surface area contributed by atoms with Crippen molar-refractivity contribution in [3.63, 3.8) is 0 Å². The normalized spacial score (nSPS) is 17.1. The van der Waals surface area contributed by atoms with Gasteiger partial charge < -0.3 is 0 Å². The molecule has 0 nitrogen and oxygen atoms in total. The largest absolute Gasteiger partial charge is 0.0616 e. The summed E-state index contributed by atoms with van der Waals surface area (Å²) >= 11 is 0. The fraction of sp³-hybridized carbons (Fsp3) is 0.111. The Kier molecular flexibility index (Phi) is 1.35. The second kappa shape index (κ2) is 2.21. The molecule has 1 aliphatic heterocycles. The Morgan fingerprint density at radius 2 is 2.00 bits per heavy atom. The lowest BCUT2D eigenvalue weighted by Crippen LogP contribution is -2.20. The van der Waals surface area contributed by atoms with E-state index in [1.54, 1.807) is 0 Å². The van der Waals surface area contributed by atoms with Crippen molar-refractivity contribution in [2.45, 2.75) is 6.92 Å². The molecule has 1 heterocycles. The smallest absolute Gasteiger partial charge is 0.0143 e. The quantitative estimate of drug-likeness (QED) is 0.488. The second-order valence-electron chi connectivity index (χ2n) is 2.43. The topological polar surface area (TPSA) is 0 Å². The predicted molar refractivity (Wildman–Crippen MR) is 46.2 cm³/mol. The summed E-state index contributed by atoms with van der Waals surface area (Å²) in [6.07, 6.45) is 0. The van der Waals surface area contributed by atoms with Crippen LogP contribution in [0.15, 0.2) is 24.3 Å². The lowest BCUT2D eigenvalue weighted by atomic mass is 10.2. The first-order valence-corrected chi connectivity index (χ1v) is 4.31. The summed E-state index contributed by atoms with van der Waals surface area (Å²) in [5, 5.41) is 4.28. The molecule has 10 heavy (non-hydrogen) atoms. The van der Waals surface area contributed by atoms with Crippen LogP contribution in [0.4, 0.5) is 0 Å². The summed E-state index contributed by atoms with van der Waals surface area (Å²) in [6.45, 7) is 2.18. The maximum Gasteiger partial charge on any atom is -0.0143 e. The molecule has 2 rings (SSSR count). The van der Waals surface area contributed by atoms with E-state index >= 15 is 0 Å². The highest BCUT2D eigenvalue weighted by atomic mass is 31.1. The average Bonchev–Trinajstić information content (AvgIpc) is 2.34. The minimum Gasteiger partial charge on any atom is -0.0616 e. The maximum absolute atomic E-state index is 2.25. The SMILES string of the molecule is CC1=c2ccccc2=C[P]1. The summed E-state index contributed by atoms with van der Waals surface area (Å²) in [5.74, 6) is 2.25. The second-order valence-corrected chi connectivity index (χ2v) is 3.62. The van der Waals surface area contributed by atoms with Gasteiger partial charge in [0.15, 0.2) is 0 Å². The van der Waals surface area contributed by atoms with E-state index in [9.17, 15) is 0 Å². The van der Waals surface area contributed by atoms with Gasteiger partial charge in [-0.2, -0.15) is 0 Å². The molecule has 1 aromatic rings. The Labute approximate surface area is 62.1 Å². The molecule has 1 heteroatoms. The third-order valence-electron chi connectivity index (χ3n) is 1.75. The van der Waals surface area contributed by atoms with Gasteiger partial charge in [-0.15, -0.1) is 0 Å². The van der Waals surface area contributed by atoms with E-state index in [4.69, 9.17) is 0 Å². The van der Waals surface area contributed by atoms with E-state index in [1.807, 2.05) is 0 Å². The molecule has 0 aromatic heterocycles. The fourth-order valence-corrected chi connectivity index (χ4v) is 2.08. The van der Waals surface area contributed by atoms with E-state index in [-0.39, 0.29) is 0 Å². The van der Waals surface area contributed by atoms with Gasteiger partial charge in [0, 0.05) is 0 Å². The van der Waals surface area contributed by atoms with Gasteiger partial charge in [0.2, 0.25) is 0 Å². The van der Waals surface area contributed by atoms with Crippen molar-refractivity contribution in [2.75, 3.05) is 0 Å². The van der Waals surface area contributed by atoms with Gasteiger partial charge in [-0.25, -0.2) is 0 Å². The molecule has 49 valence electrons. The lowest BCUT2D eigenvalue weighted by Gasteiger charge is -1.85. The van der Waals surface area contributed by atoms with Gasteiger partial charge in [0.1, 0.15) is 0 Å². The molecule has 0 amide bonds. The molecule has 0 unspecified atom stereocenters. The molecule has 1 aromatic carbocycles. The monoisotopic (exact) mass is 147 g/mol. The van der Waals surface area contributed by atoms with Gasteiger partial charge in [-0.05, 0) is 37.1 Å². The highest BCUT2D eigenvalue weighted by molar-refractivity contribution is 7.58. The number of hydrogen-bond donors (Lipinski definition) is 0. The zero-order chi connectivity index (χ0) is 6.97. The molecule has 0 saturated heterocycles. The van der Waals surface area contributed by atoms with Gasteiger partial charge in [0.05, 0.1) is 0 Å². The number of benzene rings is 1. The minimum atomic E-state index is 1.36. The van der Waals surface area contributed by atoms with Gasteiger partial charge in [-0.1, -0.05) is 24.3 Å². The Morgan fingerprint density at radius 1 is 1.20 bits per heavy atom. The van der Waals surface area contributed by atoms with Gasteiger partial charge in [0.25, 0.3) is 0 Å². The van der Waals surface area contributed by atoms with Crippen molar-refractivity contribution in [1.82, 2.24) is 0 Å². The van der Waals surface area contributed by atoms with Crippen molar-refractivity contribution in [2.24, 2.45) is 0 Å². The van der Waals surface area contributed by atoms with Crippen LogP contribution in [0.1, 0.15) is 6.92 Å². The zero-order valence-corrected chi connectivity index (χ0v) is 6.73. The van der Waals surface area contributed by atoms with Crippen molar-refractivity contribution in [3.05, 3.63) is 34.7 Å². The maximum atomic E-state index is 2.25. The summed E-state index contributed by atoms with van der Waals surface area (Å²) in [5.41, 5.74) is 0. The van der Waals surface area contributed by atoms with Crippen LogP contribution in [-0.2, 0) is 0 Å². The molecule has 0 aliphatic carbocycles. The molecule has 0 fully saturated rings. The van der Waals surface area contributed by atoms with E-state index in [0.29, 0.717) is 0 Å². The van der Waals surface area contributed by atoms with E-state index in [1.165, 1.54) is 24.3 Å². The molecular weight excluding hydrogens is 139 g/mol. The Balaban J connectivity index is 2.96. The molecular formula is C9H8P. The standard InChI is InChI=1S/C9H8P/c1-7-9-5-3-2-4-8(9)6-10-7/h2-6H,1H3. The minimum absolute atomic E-state index is 1.36. The Hall–Kier alpha value is -0.610. The average molecular weight is 147 g/mol. The van der Waals surface area contributed by atoms with Crippen LogP contribution in [0.25, 0.3) is 11.1 Å².